The number of halogens is 3. The van der Waals surface area contributed by atoms with Gasteiger partial charge in [0.2, 0.25) is 5.88 Å². The lowest BCUT2D eigenvalue weighted by molar-refractivity contribution is -0.138. The highest BCUT2D eigenvalue weighted by atomic mass is 19.4. The summed E-state index contributed by atoms with van der Waals surface area (Å²) in [5, 5.41) is 4.29. The van der Waals surface area contributed by atoms with Gasteiger partial charge in [0.25, 0.3) is 5.56 Å². The lowest BCUT2D eigenvalue weighted by Crippen LogP contribution is -2.32. The minimum absolute atomic E-state index is 0.0140. The predicted molar refractivity (Wildman–Crippen MR) is 111 cm³/mol. The third kappa shape index (κ3) is 4.67. The van der Waals surface area contributed by atoms with E-state index in [0.29, 0.717) is 23.3 Å². The molecular formula is C23H22F3N3O3. The van der Waals surface area contributed by atoms with Crippen molar-refractivity contribution in [2.24, 2.45) is 0 Å². The topological polar surface area (TPSA) is 66.2 Å². The van der Waals surface area contributed by atoms with Gasteiger partial charge in [-0.05, 0) is 43.9 Å². The fourth-order valence-corrected chi connectivity index (χ4v) is 3.70. The van der Waals surface area contributed by atoms with Gasteiger partial charge in [0.05, 0.1) is 11.8 Å². The first-order valence-corrected chi connectivity index (χ1v) is 10.3. The van der Waals surface area contributed by atoms with Gasteiger partial charge in [0, 0.05) is 35.6 Å². The highest BCUT2D eigenvalue weighted by Crippen LogP contribution is 2.32. The van der Waals surface area contributed by atoms with Gasteiger partial charge < -0.3 is 9.47 Å². The number of hydrogen-bond donors (Lipinski definition) is 0. The molecular weight excluding hydrogens is 423 g/mol. The number of rotatable bonds is 5. The molecule has 6 nitrogen and oxygen atoms in total. The molecule has 0 spiro atoms. The minimum Gasteiger partial charge on any atom is -0.473 e. The van der Waals surface area contributed by atoms with Crippen molar-refractivity contribution in [3.63, 3.8) is 0 Å². The Hall–Kier alpha value is -3.20. The molecule has 2 aromatic heterocycles. The summed E-state index contributed by atoms with van der Waals surface area (Å²) < 4.78 is 52.1. The summed E-state index contributed by atoms with van der Waals surface area (Å²) >= 11 is 0. The largest absolute Gasteiger partial charge is 0.473 e. The van der Waals surface area contributed by atoms with Crippen LogP contribution in [-0.2, 0) is 17.5 Å². The van der Waals surface area contributed by atoms with Gasteiger partial charge in [-0.15, -0.1) is 0 Å². The van der Waals surface area contributed by atoms with E-state index in [0.717, 1.165) is 25.3 Å². The fraction of sp³-hybridized carbons (Fsp3) is 0.348. The van der Waals surface area contributed by atoms with Crippen LogP contribution in [0.1, 0.15) is 42.2 Å². The molecule has 9 heteroatoms. The van der Waals surface area contributed by atoms with Crippen molar-refractivity contribution in [1.29, 1.82) is 0 Å². The second-order valence-electron chi connectivity index (χ2n) is 7.58. The molecule has 0 N–H and O–H groups in total. The van der Waals surface area contributed by atoms with E-state index in [9.17, 15) is 18.0 Å². The summed E-state index contributed by atoms with van der Waals surface area (Å²) in [6.07, 6.45) is 0.913. The second kappa shape index (κ2) is 9.12. The maximum absolute atomic E-state index is 13.2. The number of aromatic nitrogens is 3. The number of benzene rings is 1. The summed E-state index contributed by atoms with van der Waals surface area (Å²) in [5.74, 6) is 0.152. The molecule has 0 bridgehead atoms. The number of hydrogen-bond acceptors (Lipinski definition) is 5. The quantitative estimate of drug-likeness (QED) is 0.558. The molecule has 4 rings (SSSR count). The Morgan fingerprint density at radius 3 is 2.78 bits per heavy atom. The van der Waals surface area contributed by atoms with Crippen molar-refractivity contribution in [3.05, 3.63) is 75.8 Å². The minimum atomic E-state index is -4.47. The van der Waals surface area contributed by atoms with Crippen LogP contribution in [0.2, 0.25) is 0 Å². The molecule has 1 aromatic carbocycles. The van der Waals surface area contributed by atoms with E-state index in [4.69, 9.17) is 9.47 Å². The SMILES string of the molecule is Cc1c(-c2ccnc(OCc3ccccc3C(F)(F)F)c2)cnn(C2CCCCO2)c1=O. The van der Waals surface area contributed by atoms with Gasteiger partial charge >= 0.3 is 6.18 Å². The molecule has 0 amide bonds. The molecule has 1 fully saturated rings. The molecule has 168 valence electrons. The highest BCUT2D eigenvalue weighted by Gasteiger charge is 2.33. The van der Waals surface area contributed by atoms with E-state index < -0.39 is 11.7 Å². The van der Waals surface area contributed by atoms with E-state index in [2.05, 4.69) is 10.1 Å². The Labute approximate surface area is 182 Å². The first-order chi connectivity index (χ1) is 15.3. The third-order valence-corrected chi connectivity index (χ3v) is 5.42. The summed E-state index contributed by atoms with van der Waals surface area (Å²) in [6, 6.07) is 8.53. The number of nitrogens with zero attached hydrogens (tertiary/aromatic N) is 3. The molecule has 3 heterocycles. The van der Waals surface area contributed by atoms with Crippen molar-refractivity contribution in [1.82, 2.24) is 14.8 Å². The molecule has 0 saturated carbocycles. The number of pyridine rings is 1. The van der Waals surface area contributed by atoms with Gasteiger partial charge in [0.1, 0.15) is 6.61 Å². The first kappa shape index (κ1) is 22.0. The van der Waals surface area contributed by atoms with E-state index in [1.54, 1.807) is 25.3 Å². The lowest BCUT2D eigenvalue weighted by Gasteiger charge is -2.24. The van der Waals surface area contributed by atoms with Crippen molar-refractivity contribution >= 4 is 0 Å². The van der Waals surface area contributed by atoms with E-state index in [-0.39, 0.29) is 29.8 Å². The zero-order valence-electron chi connectivity index (χ0n) is 17.4. The average Bonchev–Trinajstić information content (AvgIpc) is 2.80. The molecule has 3 aromatic rings. The smallest absolute Gasteiger partial charge is 0.416 e. The van der Waals surface area contributed by atoms with Crippen LogP contribution >= 0.6 is 0 Å². The Kier molecular flexibility index (Phi) is 6.27. The predicted octanol–water partition coefficient (Wildman–Crippen LogP) is 4.91. The van der Waals surface area contributed by atoms with Crippen LogP contribution in [-0.4, -0.2) is 21.4 Å². The van der Waals surface area contributed by atoms with Gasteiger partial charge in [-0.25, -0.2) is 9.67 Å². The Morgan fingerprint density at radius 1 is 1.22 bits per heavy atom. The fourth-order valence-electron chi connectivity index (χ4n) is 3.70. The molecule has 32 heavy (non-hydrogen) atoms. The van der Waals surface area contributed by atoms with Crippen LogP contribution in [0.15, 0.2) is 53.6 Å². The zero-order valence-corrected chi connectivity index (χ0v) is 17.4. The average molecular weight is 445 g/mol. The maximum atomic E-state index is 13.2. The van der Waals surface area contributed by atoms with E-state index >= 15 is 0 Å². The molecule has 1 aliphatic heterocycles. The first-order valence-electron chi connectivity index (χ1n) is 10.3. The summed E-state index contributed by atoms with van der Waals surface area (Å²) in [5.41, 5.74) is 0.759. The van der Waals surface area contributed by atoms with Gasteiger partial charge in [0.15, 0.2) is 6.23 Å². The Bertz CT molecular complexity index is 1150. The zero-order chi connectivity index (χ0) is 22.7. The van der Waals surface area contributed by atoms with Crippen molar-refractivity contribution in [3.8, 4) is 17.0 Å². The van der Waals surface area contributed by atoms with E-state index in [1.807, 2.05) is 0 Å². The molecule has 1 aliphatic rings. The number of ether oxygens (including phenoxy) is 2. The highest BCUT2D eigenvalue weighted by molar-refractivity contribution is 5.66. The molecule has 0 aliphatic carbocycles. The van der Waals surface area contributed by atoms with Crippen LogP contribution in [0, 0.1) is 6.92 Å². The van der Waals surface area contributed by atoms with Crippen LogP contribution in [0.5, 0.6) is 5.88 Å². The lowest BCUT2D eigenvalue weighted by atomic mass is 10.1. The molecule has 1 unspecified atom stereocenters. The third-order valence-electron chi connectivity index (χ3n) is 5.42. The van der Waals surface area contributed by atoms with Crippen LogP contribution in [0.4, 0.5) is 13.2 Å². The second-order valence-corrected chi connectivity index (χ2v) is 7.58. The monoisotopic (exact) mass is 445 g/mol. The summed E-state index contributed by atoms with van der Waals surface area (Å²) in [4.78, 5) is 16.9. The van der Waals surface area contributed by atoms with Crippen molar-refractivity contribution in [2.45, 2.75) is 45.2 Å². The Balaban J connectivity index is 1.56. The van der Waals surface area contributed by atoms with Gasteiger partial charge in [-0.3, -0.25) is 4.79 Å². The van der Waals surface area contributed by atoms with Crippen LogP contribution in [0.25, 0.3) is 11.1 Å². The normalized spacial score (nSPS) is 16.7. The van der Waals surface area contributed by atoms with E-state index in [1.165, 1.54) is 29.1 Å². The summed E-state index contributed by atoms with van der Waals surface area (Å²) in [7, 11) is 0. The van der Waals surface area contributed by atoms with Gasteiger partial charge in [-0.1, -0.05) is 18.2 Å². The molecule has 1 saturated heterocycles. The van der Waals surface area contributed by atoms with Crippen molar-refractivity contribution in [2.75, 3.05) is 6.61 Å². The molecule has 0 radical (unpaired) electrons. The standard InChI is InChI=1S/C23H22F3N3O3/c1-15-18(13-28-29(22(15)30)21-8-4-5-11-31-21)16-9-10-27-20(12-16)32-14-17-6-2-3-7-19(17)23(24,25)26/h2-3,6-7,9-10,12-13,21H,4-5,8,11,14H2,1H3. The molecule has 1 atom stereocenters. The Morgan fingerprint density at radius 2 is 2.03 bits per heavy atom. The van der Waals surface area contributed by atoms with Crippen LogP contribution in [0.3, 0.4) is 0 Å². The van der Waals surface area contributed by atoms with Gasteiger partial charge in [-0.2, -0.15) is 18.3 Å². The number of alkyl halides is 3. The summed E-state index contributed by atoms with van der Waals surface area (Å²) in [6.45, 7) is 2.02. The van der Waals surface area contributed by atoms with Crippen LogP contribution < -0.4 is 10.3 Å². The maximum Gasteiger partial charge on any atom is 0.416 e. The van der Waals surface area contributed by atoms with Crippen molar-refractivity contribution < 1.29 is 22.6 Å².